The molecule has 0 fully saturated rings. The first-order chi connectivity index (χ1) is 8.61. The Morgan fingerprint density at radius 1 is 1.17 bits per heavy atom. The zero-order valence-electron chi connectivity index (χ0n) is 10.6. The van der Waals surface area contributed by atoms with Crippen molar-refractivity contribution >= 4 is 22.2 Å². The van der Waals surface area contributed by atoms with Crippen LogP contribution < -0.4 is 4.90 Å². The molecule has 18 heavy (non-hydrogen) atoms. The van der Waals surface area contributed by atoms with Crippen molar-refractivity contribution in [3.05, 3.63) is 42.0 Å². The summed E-state index contributed by atoms with van der Waals surface area (Å²) in [5, 5.41) is 2.09. The minimum absolute atomic E-state index is 0.0653. The van der Waals surface area contributed by atoms with E-state index in [4.69, 9.17) is 0 Å². The summed E-state index contributed by atoms with van der Waals surface area (Å²) in [6.45, 7) is 1.58. The maximum absolute atomic E-state index is 12.3. The minimum atomic E-state index is -0.363. The average Bonchev–Trinajstić information content (AvgIpc) is 2.37. The van der Waals surface area contributed by atoms with Crippen molar-refractivity contribution in [1.82, 2.24) is 0 Å². The fourth-order valence-corrected chi connectivity index (χ4v) is 1.95. The Balaban J connectivity index is 2.41. The number of rotatable bonds is 4. The number of benzene rings is 2. The van der Waals surface area contributed by atoms with Gasteiger partial charge in [-0.05, 0) is 35.9 Å². The summed E-state index contributed by atoms with van der Waals surface area (Å²) < 4.78 is 12.3. The van der Waals surface area contributed by atoms with Gasteiger partial charge in [0.25, 0.3) is 0 Å². The van der Waals surface area contributed by atoms with Gasteiger partial charge in [-0.1, -0.05) is 18.2 Å². The quantitative estimate of drug-likeness (QED) is 0.768. The van der Waals surface area contributed by atoms with E-state index in [1.165, 1.54) is 0 Å². The summed E-state index contributed by atoms with van der Waals surface area (Å²) in [4.78, 5) is 13.2. The standard InChI is InChI=1S/C15H16FNO/c1-11(18)12-3-4-14-10-15(17(2)8-7-16)6-5-13(14)9-12/h3-6,9-10H,7-8H2,1-2H3/i16-1. The maximum Gasteiger partial charge on any atom is 0.159 e. The van der Waals surface area contributed by atoms with Crippen molar-refractivity contribution in [2.24, 2.45) is 0 Å². The van der Waals surface area contributed by atoms with Crippen LogP contribution in [0, 0.1) is 0 Å². The number of alkyl halides is 1. The first-order valence-electron chi connectivity index (χ1n) is 5.93. The highest BCUT2D eigenvalue weighted by molar-refractivity contribution is 5.99. The van der Waals surface area contributed by atoms with E-state index in [0.717, 1.165) is 16.5 Å². The Bertz CT molecular complexity index is 580. The zero-order valence-corrected chi connectivity index (χ0v) is 10.6. The van der Waals surface area contributed by atoms with Gasteiger partial charge in [-0.3, -0.25) is 4.79 Å². The molecule has 2 aromatic carbocycles. The van der Waals surface area contributed by atoms with Gasteiger partial charge in [0.1, 0.15) is 6.67 Å². The molecule has 0 N–H and O–H groups in total. The third-order valence-electron chi connectivity index (χ3n) is 3.09. The predicted molar refractivity (Wildman–Crippen MR) is 73.2 cm³/mol. The van der Waals surface area contributed by atoms with Gasteiger partial charge in [-0.2, -0.15) is 0 Å². The summed E-state index contributed by atoms with van der Waals surface area (Å²) >= 11 is 0. The predicted octanol–water partition coefficient (Wildman–Crippen LogP) is 3.45. The van der Waals surface area contributed by atoms with Gasteiger partial charge in [0.15, 0.2) is 5.78 Å². The number of halogens is 1. The maximum atomic E-state index is 12.3. The number of carbonyl (C=O) groups is 1. The lowest BCUT2D eigenvalue weighted by atomic mass is 10.0. The highest BCUT2D eigenvalue weighted by Crippen LogP contribution is 2.22. The number of carbonyl (C=O) groups excluding carboxylic acids is 1. The molecule has 0 unspecified atom stereocenters. The Labute approximate surface area is 106 Å². The van der Waals surface area contributed by atoms with E-state index in [0.29, 0.717) is 12.1 Å². The lowest BCUT2D eigenvalue weighted by Crippen LogP contribution is -2.19. The van der Waals surface area contributed by atoms with Gasteiger partial charge < -0.3 is 4.90 Å². The van der Waals surface area contributed by atoms with E-state index in [-0.39, 0.29) is 12.5 Å². The van der Waals surface area contributed by atoms with Gasteiger partial charge in [-0.25, -0.2) is 4.39 Å². The number of fused-ring (bicyclic) bond motifs is 1. The van der Waals surface area contributed by atoms with Gasteiger partial charge in [0, 0.05) is 24.8 Å². The molecule has 0 heterocycles. The van der Waals surface area contributed by atoms with Crippen LogP contribution in [0.5, 0.6) is 0 Å². The van der Waals surface area contributed by atoms with Crippen LogP contribution in [0.2, 0.25) is 0 Å². The van der Waals surface area contributed by atoms with E-state index in [9.17, 15) is 9.18 Å². The van der Waals surface area contributed by atoms with Crippen LogP contribution in [-0.4, -0.2) is 26.1 Å². The van der Waals surface area contributed by atoms with Crippen LogP contribution in [0.4, 0.5) is 10.1 Å². The molecule has 0 radical (unpaired) electrons. The van der Waals surface area contributed by atoms with Gasteiger partial charge in [0.05, 0.1) is 0 Å². The van der Waals surface area contributed by atoms with E-state index in [2.05, 4.69) is 0 Å². The summed E-state index contributed by atoms with van der Waals surface area (Å²) in [5.41, 5.74) is 1.70. The van der Waals surface area contributed by atoms with Crippen molar-refractivity contribution in [2.45, 2.75) is 6.92 Å². The van der Waals surface area contributed by atoms with Crippen molar-refractivity contribution in [3.63, 3.8) is 0 Å². The second-order valence-electron chi connectivity index (χ2n) is 4.41. The molecule has 2 nitrogen and oxygen atoms in total. The zero-order chi connectivity index (χ0) is 13.1. The Hall–Kier alpha value is -1.90. The molecule has 0 saturated heterocycles. The summed E-state index contributed by atoms with van der Waals surface area (Å²) in [7, 11) is 1.87. The number of ketones is 1. The third-order valence-corrected chi connectivity index (χ3v) is 3.09. The summed E-state index contributed by atoms with van der Waals surface area (Å²) in [5.74, 6) is 0.0653. The monoisotopic (exact) mass is 244 g/mol. The van der Waals surface area contributed by atoms with E-state index in [1.54, 1.807) is 6.92 Å². The second kappa shape index (κ2) is 5.17. The molecule has 0 amide bonds. The topological polar surface area (TPSA) is 20.3 Å². The second-order valence-corrected chi connectivity index (χ2v) is 4.41. The smallest absolute Gasteiger partial charge is 0.159 e. The van der Waals surface area contributed by atoms with Gasteiger partial charge >= 0.3 is 0 Å². The molecule has 0 aliphatic carbocycles. The fraction of sp³-hybridized carbons (Fsp3) is 0.267. The number of hydrogen-bond acceptors (Lipinski definition) is 2. The Kier molecular flexibility index (Phi) is 3.60. The molecular weight excluding hydrogens is 228 g/mol. The normalized spacial score (nSPS) is 10.6. The molecule has 0 saturated carbocycles. The molecule has 3 heteroatoms. The van der Waals surface area contributed by atoms with Crippen LogP contribution >= 0.6 is 0 Å². The molecule has 2 rings (SSSR count). The van der Waals surface area contributed by atoms with E-state index in [1.807, 2.05) is 48.3 Å². The molecule has 0 atom stereocenters. The van der Waals surface area contributed by atoms with Crippen LogP contribution in [0.1, 0.15) is 17.3 Å². The molecule has 0 spiro atoms. The Morgan fingerprint density at radius 3 is 2.50 bits per heavy atom. The molecule has 0 aliphatic rings. The summed E-state index contributed by atoms with van der Waals surface area (Å²) in [6.07, 6.45) is 0. The molecule has 0 aliphatic heterocycles. The average molecular weight is 244 g/mol. The van der Waals surface area contributed by atoms with Gasteiger partial charge in [0.2, 0.25) is 0 Å². The van der Waals surface area contributed by atoms with Crippen molar-refractivity contribution in [3.8, 4) is 0 Å². The van der Waals surface area contributed by atoms with E-state index >= 15 is 0 Å². The number of Topliss-reactive ketones (excluding diaryl/α,β-unsaturated/α-hetero) is 1. The molecule has 0 aromatic heterocycles. The van der Waals surface area contributed by atoms with Crippen molar-refractivity contribution in [2.75, 3.05) is 25.2 Å². The highest BCUT2D eigenvalue weighted by atomic mass is 18.2. The van der Waals surface area contributed by atoms with Crippen molar-refractivity contribution in [1.29, 1.82) is 0 Å². The highest BCUT2D eigenvalue weighted by Gasteiger charge is 2.04. The molecule has 0 bridgehead atoms. The SMILES string of the molecule is CC(=O)c1ccc2cc(N(C)CC[18F])ccc2c1. The third kappa shape index (κ3) is 2.50. The molecule has 94 valence electrons. The van der Waals surface area contributed by atoms with Crippen molar-refractivity contribution < 1.29 is 9.18 Å². The lowest BCUT2D eigenvalue weighted by Gasteiger charge is -2.18. The first-order valence-corrected chi connectivity index (χ1v) is 5.93. The van der Waals surface area contributed by atoms with Crippen LogP contribution in [-0.2, 0) is 0 Å². The number of anilines is 1. The largest absolute Gasteiger partial charge is 0.372 e. The first kappa shape index (κ1) is 12.6. The van der Waals surface area contributed by atoms with Crippen LogP contribution in [0.3, 0.4) is 0 Å². The molecular formula is C15H16FNO. The summed E-state index contributed by atoms with van der Waals surface area (Å²) in [6, 6.07) is 11.6. The van der Waals surface area contributed by atoms with Gasteiger partial charge in [-0.15, -0.1) is 0 Å². The van der Waals surface area contributed by atoms with Crippen LogP contribution in [0.15, 0.2) is 36.4 Å². The number of nitrogens with zero attached hydrogens (tertiary/aromatic N) is 1. The lowest BCUT2D eigenvalue weighted by molar-refractivity contribution is 0.101. The molecule has 2 aromatic rings. The van der Waals surface area contributed by atoms with E-state index < -0.39 is 0 Å². The minimum Gasteiger partial charge on any atom is -0.372 e. The van der Waals surface area contributed by atoms with Crippen LogP contribution in [0.25, 0.3) is 10.8 Å². The fourth-order valence-electron chi connectivity index (χ4n) is 1.95. The Morgan fingerprint density at radius 2 is 1.83 bits per heavy atom. The number of hydrogen-bond donors (Lipinski definition) is 0.